The molecule has 2 aliphatic heterocycles. The van der Waals surface area contributed by atoms with Crippen LogP contribution in [0.4, 0.5) is 0 Å². The van der Waals surface area contributed by atoms with Crippen molar-refractivity contribution >= 4 is 28.8 Å². The fourth-order valence-corrected chi connectivity index (χ4v) is 4.27. The first-order valence-corrected chi connectivity index (χ1v) is 10.5. The van der Waals surface area contributed by atoms with Gasteiger partial charge in [0.05, 0.1) is 35.8 Å². The summed E-state index contributed by atoms with van der Waals surface area (Å²) in [7, 11) is 1.54. The summed E-state index contributed by atoms with van der Waals surface area (Å²) in [5.74, 6) is 0.191. The number of nitrogens with zero attached hydrogens (tertiary/aromatic N) is 2. The van der Waals surface area contributed by atoms with Gasteiger partial charge in [-0.3, -0.25) is 9.69 Å². The summed E-state index contributed by atoms with van der Waals surface area (Å²) in [5, 5.41) is 0.366. The van der Waals surface area contributed by atoms with Crippen LogP contribution in [0.25, 0.3) is 0 Å². The minimum absolute atomic E-state index is 0.0697. The number of amidine groups is 1. The van der Waals surface area contributed by atoms with E-state index in [0.29, 0.717) is 29.7 Å². The molecule has 3 rings (SSSR count). The fourth-order valence-electron chi connectivity index (χ4n) is 3.24. The van der Waals surface area contributed by atoms with Crippen molar-refractivity contribution in [2.24, 2.45) is 4.99 Å². The van der Waals surface area contributed by atoms with Crippen LogP contribution in [0.2, 0.25) is 0 Å². The zero-order valence-corrected chi connectivity index (χ0v) is 18.0. The van der Waals surface area contributed by atoms with Crippen LogP contribution in [-0.4, -0.2) is 54.1 Å². The van der Waals surface area contributed by atoms with Crippen LogP contribution in [0.1, 0.15) is 38.8 Å². The van der Waals surface area contributed by atoms with Gasteiger partial charge in [0.2, 0.25) is 5.91 Å². The second kappa shape index (κ2) is 9.45. The van der Waals surface area contributed by atoms with Crippen LogP contribution >= 0.6 is 11.8 Å². The molecule has 8 heteroatoms. The van der Waals surface area contributed by atoms with E-state index in [1.807, 2.05) is 38.1 Å². The Balaban J connectivity index is 1.97. The summed E-state index contributed by atoms with van der Waals surface area (Å²) in [4.78, 5) is 31.9. The summed E-state index contributed by atoms with van der Waals surface area (Å²) in [5.41, 5.74) is 1.74. The van der Waals surface area contributed by atoms with Crippen molar-refractivity contribution in [3.05, 3.63) is 41.1 Å². The summed E-state index contributed by atoms with van der Waals surface area (Å²) < 4.78 is 16.0. The summed E-state index contributed by atoms with van der Waals surface area (Å²) in [6.07, 6.45) is 0.918. The van der Waals surface area contributed by atoms with E-state index in [4.69, 9.17) is 14.2 Å². The molecule has 0 radical (unpaired) electrons. The van der Waals surface area contributed by atoms with Crippen molar-refractivity contribution in [2.75, 3.05) is 26.9 Å². The normalized spacial score (nSPS) is 21.2. The largest absolute Gasteiger partial charge is 0.494 e. The van der Waals surface area contributed by atoms with E-state index < -0.39 is 12.0 Å². The van der Waals surface area contributed by atoms with Crippen LogP contribution in [0.15, 0.2) is 40.5 Å². The van der Waals surface area contributed by atoms with E-state index in [2.05, 4.69) is 4.99 Å². The molecule has 1 amide bonds. The molecule has 0 spiro atoms. The van der Waals surface area contributed by atoms with Gasteiger partial charge in [0.15, 0.2) is 5.17 Å². The van der Waals surface area contributed by atoms with Gasteiger partial charge in [-0.15, -0.1) is 0 Å². The molecule has 0 bridgehead atoms. The monoisotopic (exact) mass is 418 g/mol. The highest BCUT2D eigenvalue weighted by Crippen LogP contribution is 2.43. The summed E-state index contributed by atoms with van der Waals surface area (Å²) in [6.45, 7) is 6.74. The van der Waals surface area contributed by atoms with E-state index >= 15 is 0 Å². The van der Waals surface area contributed by atoms with E-state index in [0.717, 1.165) is 17.7 Å². The number of hydrogen-bond acceptors (Lipinski definition) is 7. The highest BCUT2D eigenvalue weighted by Gasteiger charge is 2.46. The van der Waals surface area contributed by atoms with E-state index in [9.17, 15) is 9.59 Å². The summed E-state index contributed by atoms with van der Waals surface area (Å²) in [6, 6.07) is 6.90. The lowest BCUT2D eigenvalue weighted by atomic mass is 9.94. The van der Waals surface area contributed by atoms with Crippen molar-refractivity contribution in [3.63, 3.8) is 0 Å². The molecular weight excluding hydrogens is 392 g/mol. The van der Waals surface area contributed by atoms with Crippen molar-refractivity contribution in [1.82, 2.24) is 4.90 Å². The molecule has 0 N–H and O–H groups in total. The van der Waals surface area contributed by atoms with Gasteiger partial charge in [-0.1, -0.05) is 30.8 Å². The zero-order chi connectivity index (χ0) is 21.0. The van der Waals surface area contributed by atoms with Crippen molar-refractivity contribution in [2.45, 2.75) is 38.5 Å². The molecule has 1 aromatic rings. The summed E-state index contributed by atoms with van der Waals surface area (Å²) >= 11 is 1.40. The number of fused-ring (bicyclic) bond motifs is 1. The van der Waals surface area contributed by atoms with Crippen LogP contribution in [0.5, 0.6) is 5.75 Å². The number of thioether (sulfide) groups is 1. The van der Waals surface area contributed by atoms with Gasteiger partial charge in [0, 0.05) is 7.11 Å². The van der Waals surface area contributed by atoms with Gasteiger partial charge in [0.25, 0.3) is 0 Å². The first-order valence-electron chi connectivity index (χ1n) is 9.66. The zero-order valence-electron chi connectivity index (χ0n) is 17.1. The molecule has 0 aromatic heterocycles. The Hall–Kier alpha value is -2.32. The van der Waals surface area contributed by atoms with Gasteiger partial charge < -0.3 is 14.2 Å². The molecule has 7 nitrogen and oxygen atoms in total. The smallest absolute Gasteiger partial charge is 0.338 e. The van der Waals surface area contributed by atoms with Crippen LogP contribution < -0.4 is 4.74 Å². The molecule has 0 aliphatic carbocycles. The van der Waals surface area contributed by atoms with Gasteiger partial charge in [0.1, 0.15) is 12.4 Å². The Kier molecular flexibility index (Phi) is 6.97. The Labute approximate surface area is 175 Å². The Morgan fingerprint density at radius 1 is 1.21 bits per heavy atom. The average molecular weight is 419 g/mol. The third-order valence-corrected chi connectivity index (χ3v) is 5.72. The number of carbonyl (C=O) groups is 2. The number of esters is 1. The maximum absolute atomic E-state index is 12.9. The molecule has 2 aliphatic rings. The number of methoxy groups -OCH3 is 1. The van der Waals surface area contributed by atoms with Crippen LogP contribution in [-0.2, 0) is 19.1 Å². The molecule has 2 atom stereocenters. The number of hydrogen-bond donors (Lipinski definition) is 0. The first-order chi connectivity index (χ1) is 14.0. The molecule has 1 aromatic carbocycles. The van der Waals surface area contributed by atoms with E-state index in [1.54, 1.807) is 18.9 Å². The highest BCUT2D eigenvalue weighted by atomic mass is 32.2. The molecule has 2 heterocycles. The average Bonchev–Trinajstić information content (AvgIpc) is 2.99. The van der Waals surface area contributed by atoms with Crippen LogP contribution in [0, 0.1) is 0 Å². The second-order valence-electron chi connectivity index (χ2n) is 6.81. The molecule has 1 fully saturated rings. The third kappa shape index (κ3) is 4.48. The Morgan fingerprint density at radius 2 is 1.93 bits per heavy atom. The Morgan fingerprint density at radius 3 is 2.59 bits per heavy atom. The van der Waals surface area contributed by atoms with Crippen molar-refractivity contribution < 1.29 is 23.8 Å². The van der Waals surface area contributed by atoms with Gasteiger partial charge in [-0.05, 0) is 38.0 Å². The molecule has 0 saturated carbocycles. The Bertz CT molecular complexity index is 834. The quantitative estimate of drug-likeness (QED) is 0.476. The molecule has 1 saturated heterocycles. The highest BCUT2D eigenvalue weighted by molar-refractivity contribution is 8.15. The molecular formula is C21H26N2O5S. The lowest BCUT2D eigenvalue weighted by Gasteiger charge is -2.33. The lowest BCUT2D eigenvalue weighted by Crippen LogP contribution is -2.40. The number of amides is 1. The van der Waals surface area contributed by atoms with E-state index in [-0.39, 0.29) is 17.8 Å². The maximum Gasteiger partial charge on any atom is 0.338 e. The number of rotatable bonds is 8. The minimum Gasteiger partial charge on any atom is -0.494 e. The van der Waals surface area contributed by atoms with E-state index in [1.165, 1.54) is 11.8 Å². The number of benzene rings is 1. The van der Waals surface area contributed by atoms with Gasteiger partial charge in [-0.25, -0.2) is 9.79 Å². The van der Waals surface area contributed by atoms with Gasteiger partial charge in [-0.2, -0.15) is 0 Å². The minimum atomic E-state index is -0.581. The number of ether oxygens (including phenoxy) is 3. The predicted molar refractivity (Wildman–Crippen MR) is 112 cm³/mol. The van der Waals surface area contributed by atoms with Crippen molar-refractivity contribution in [1.29, 1.82) is 0 Å². The SMILES string of the molecule is CCCOc1ccc(C2C(C(=O)OCCOC)=C(C)N=C3SC(C)C(=O)N32)cc1. The third-order valence-electron chi connectivity index (χ3n) is 4.67. The predicted octanol–water partition coefficient (Wildman–Crippen LogP) is 3.31. The van der Waals surface area contributed by atoms with Crippen LogP contribution in [0.3, 0.4) is 0 Å². The standard InChI is InChI=1S/C21H26N2O5S/c1-5-10-27-16-8-6-15(7-9-16)18-17(20(25)28-12-11-26-4)13(2)22-21-23(18)19(24)14(3)29-21/h6-9,14,18H,5,10-12H2,1-4H3. The molecule has 29 heavy (non-hydrogen) atoms. The second-order valence-corrected chi connectivity index (χ2v) is 8.12. The molecule has 156 valence electrons. The first kappa shape index (κ1) is 21.4. The van der Waals surface area contributed by atoms with Crippen molar-refractivity contribution in [3.8, 4) is 5.75 Å². The number of aliphatic imine (C=N–C) groups is 1. The molecule has 2 unspecified atom stereocenters. The van der Waals surface area contributed by atoms with Gasteiger partial charge >= 0.3 is 5.97 Å². The fraction of sp³-hybridized carbons (Fsp3) is 0.476. The number of allylic oxidation sites excluding steroid dienone is 1. The number of carbonyl (C=O) groups excluding carboxylic acids is 2. The lowest BCUT2D eigenvalue weighted by molar-refractivity contribution is -0.141. The maximum atomic E-state index is 12.9. The topological polar surface area (TPSA) is 77.4 Å².